The molecule has 0 bridgehead atoms. The van der Waals surface area contributed by atoms with Gasteiger partial charge in [-0.15, -0.1) is 11.3 Å². The molecule has 116 valence electrons. The molecule has 1 N–H and O–H groups in total. The van der Waals surface area contributed by atoms with Gasteiger partial charge in [0.1, 0.15) is 11.6 Å². The smallest absolute Gasteiger partial charge is 0.330 e. The zero-order valence-corrected chi connectivity index (χ0v) is 12.4. The molecule has 20 heavy (non-hydrogen) atoms. The normalized spacial score (nSPS) is 13.2. The molecule has 0 aliphatic rings. The minimum atomic E-state index is -4.12. The van der Waals surface area contributed by atoms with E-state index >= 15 is 0 Å². The first kappa shape index (κ1) is 17.3. The summed E-state index contributed by atoms with van der Waals surface area (Å²) in [5, 5.41) is 5.51. The van der Waals surface area contributed by atoms with Gasteiger partial charge in [0.2, 0.25) is 0 Å². The molecule has 0 aliphatic carbocycles. The van der Waals surface area contributed by atoms with Crippen molar-refractivity contribution in [1.82, 2.24) is 10.3 Å². The fourth-order valence-corrected chi connectivity index (χ4v) is 2.43. The second-order valence-corrected chi connectivity index (χ2v) is 5.78. The third-order valence-corrected chi connectivity index (χ3v) is 3.47. The molecule has 0 fully saturated rings. The van der Waals surface area contributed by atoms with E-state index in [1.54, 1.807) is 5.38 Å². The minimum Gasteiger partial charge on any atom is -0.368 e. The van der Waals surface area contributed by atoms with E-state index in [0.29, 0.717) is 5.01 Å². The quantitative estimate of drug-likeness (QED) is 0.747. The van der Waals surface area contributed by atoms with Gasteiger partial charge in [-0.3, -0.25) is 0 Å². The van der Waals surface area contributed by atoms with Crippen LogP contribution in [0.5, 0.6) is 0 Å². The predicted molar refractivity (Wildman–Crippen MR) is 69.4 cm³/mol. The number of halogens is 4. The molecule has 1 aromatic heterocycles. The first-order valence-corrected chi connectivity index (χ1v) is 7.00. The molecule has 8 heteroatoms. The molecular weight excluding hydrogens is 296 g/mol. The van der Waals surface area contributed by atoms with E-state index in [9.17, 15) is 17.6 Å². The number of rotatable bonds is 8. The zero-order valence-electron chi connectivity index (χ0n) is 11.6. The zero-order chi connectivity index (χ0) is 15.4. The van der Waals surface area contributed by atoms with E-state index < -0.39 is 19.0 Å². The van der Waals surface area contributed by atoms with Crippen LogP contribution >= 0.6 is 11.3 Å². The number of ether oxygens (including phenoxy) is 1. The van der Waals surface area contributed by atoms with Gasteiger partial charge in [0.25, 0.3) is 0 Å². The lowest BCUT2D eigenvalue weighted by Crippen LogP contribution is -2.36. The first-order chi connectivity index (χ1) is 9.19. The Kier molecular flexibility index (Phi) is 5.91. The Morgan fingerprint density at radius 2 is 2.05 bits per heavy atom. The summed E-state index contributed by atoms with van der Waals surface area (Å²) in [6.45, 7) is 5.11. The molecule has 0 aromatic carbocycles. The Morgan fingerprint density at radius 3 is 2.60 bits per heavy atom. The van der Waals surface area contributed by atoms with E-state index in [2.05, 4.69) is 15.0 Å². The first-order valence-electron chi connectivity index (χ1n) is 6.12. The lowest BCUT2D eigenvalue weighted by atomic mass is 10.0. The van der Waals surface area contributed by atoms with Crippen LogP contribution in [0.3, 0.4) is 0 Å². The van der Waals surface area contributed by atoms with Gasteiger partial charge in [-0.2, -0.15) is 8.78 Å². The topological polar surface area (TPSA) is 34.1 Å². The number of hydrogen-bond donors (Lipinski definition) is 1. The van der Waals surface area contributed by atoms with Gasteiger partial charge in [-0.1, -0.05) is 6.92 Å². The standard InChI is InChI=1S/C12H18F4N2OS/c1-4-17-11(2,3)8-6-20-9(18-8)5-19-7-12(15,16)10(13)14/h6,10,17H,4-5,7H2,1-3H3. The average molecular weight is 314 g/mol. The Balaban J connectivity index is 2.53. The highest BCUT2D eigenvalue weighted by Gasteiger charge is 2.41. The molecule has 0 saturated carbocycles. The van der Waals surface area contributed by atoms with Gasteiger partial charge >= 0.3 is 12.3 Å². The van der Waals surface area contributed by atoms with Crippen molar-refractivity contribution in [2.45, 2.75) is 45.3 Å². The maximum Gasteiger partial charge on any atom is 0.330 e. The molecule has 0 radical (unpaired) electrons. The third-order valence-electron chi connectivity index (χ3n) is 2.65. The second kappa shape index (κ2) is 6.82. The number of alkyl halides is 4. The van der Waals surface area contributed by atoms with Crippen LogP contribution in [0.1, 0.15) is 31.5 Å². The summed E-state index contributed by atoms with van der Waals surface area (Å²) in [6.07, 6.45) is -3.72. The SMILES string of the molecule is CCNC(C)(C)c1csc(COCC(F)(F)C(F)F)n1. The number of thiazole rings is 1. The maximum absolute atomic E-state index is 12.6. The van der Waals surface area contributed by atoms with E-state index in [4.69, 9.17) is 0 Å². The highest BCUT2D eigenvalue weighted by Crippen LogP contribution is 2.25. The molecule has 1 aromatic rings. The summed E-state index contributed by atoms with van der Waals surface area (Å²) in [4.78, 5) is 4.26. The average Bonchev–Trinajstić information content (AvgIpc) is 2.78. The lowest BCUT2D eigenvalue weighted by molar-refractivity contribution is -0.168. The number of nitrogens with one attached hydrogen (secondary N) is 1. The van der Waals surface area contributed by atoms with Gasteiger partial charge in [-0.25, -0.2) is 13.8 Å². The van der Waals surface area contributed by atoms with Crippen molar-refractivity contribution in [2.75, 3.05) is 13.2 Å². The van der Waals surface area contributed by atoms with E-state index in [1.165, 1.54) is 11.3 Å². The minimum absolute atomic E-state index is 0.199. The van der Waals surface area contributed by atoms with Gasteiger partial charge in [-0.05, 0) is 20.4 Å². The summed E-state index contributed by atoms with van der Waals surface area (Å²) in [6, 6.07) is 0. The van der Waals surface area contributed by atoms with Crippen molar-refractivity contribution in [3.63, 3.8) is 0 Å². The molecule has 1 rings (SSSR count). The fourth-order valence-electron chi connectivity index (χ4n) is 1.53. The number of aromatic nitrogens is 1. The van der Waals surface area contributed by atoms with Crippen molar-refractivity contribution in [3.05, 3.63) is 16.1 Å². The summed E-state index contributed by atoms with van der Waals surface area (Å²) < 4.78 is 53.8. The van der Waals surface area contributed by atoms with Crippen LogP contribution in [0.25, 0.3) is 0 Å². The molecule has 0 amide bonds. The molecule has 1 heterocycles. The monoisotopic (exact) mass is 314 g/mol. The highest BCUT2D eigenvalue weighted by atomic mass is 32.1. The van der Waals surface area contributed by atoms with Crippen LogP contribution in [-0.4, -0.2) is 30.5 Å². The van der Waals surface area contributed by atoms with Gasteiger partial charge < -0.3 is 10.1 Å². The van der Waals surface area contributed by atoms with E-state index in [0.717, 1.165) is 12.2 Å². The van der Waals surface area contributed by atoms with Crippen molar-refractivity contribution in [1.29, 1.82) is 0 Å². The maximum atomic E-state index is 12.6. The summed E-state index contributed by atoms with van der Waals surface area (Å²) in [5.74, 6) is -4.12. The summed E-state index contributed by atoms with van der Waals surface area (Å²) >= 11 is 1.25. The predicted octanol–water partition coefficient (Wildman–Crippen LogP) is 3.40. The number of hydrogen-bond acceptors (Lipinski definition) is 4. The Hall–Kier alpha value is -0.730. The largest absolute Gasteiger partial charge is 0.368 e. The van der Waals surface area contributed by atoms with Gasteiger partial charge in [0, 0.05) is 5.38 Å². The van der Waals surface area contributed by atoms with Crippen LogP contribution < -0.4 is 5.32 Å². The Morgan fingerprint density at radius 1 is 1.40 bits per heavy atom. The van der Waals surface area contributed by atoms with Crippen LogP contribution in [0, 0.1) is 0 Å². The van der Waals surface area contributed by atoms with Crippen LogP contribution in [0.15, 0.2) is 5.38 Å². The van der Waals surface area contributed by atoms with Crippen molar-refractivity contribution >= 4 is 11.3 Å². The van der Waals surface area contributed by atoms with Crippen LogP contribution in [0.2, 0.25) is 0 Å². The van der Waals surface area contributed by atoms with Crippen molar-refractivity contribution in [3.8, 4) is 0 Å². The lowest BCUT2D eigenvalue weighted by Gasteiger charge is -2.23. The van der Waals surface area contributed by atoms with Gasteiger partial charge in [0.15, 0.2) is 0 Å². The molecule has 0 unspecified atom stereocenters. The number of nitrogens with zero attached hydrogens (tertiary/aromatic N) is 1. The summed E-state index contributed by atoms with van der Waals surface area (Å²) in [5.41, 5.74) is 0.430. The third kappa shape index (κ3) is 4.68. The van der Waals surface area contributed by atoms with Crippen LogP contribution in [-0.2, 0) is 16.9 Å². The van der Waals surface area contributed by atoms with Gasteiger partial charge in [0.05, 0.1) is 17.8 Å². The molecule has 3 nitrogen and oxygen atoms in total. The Bertz CT molecular complexity index is 423. The fraction of sp³-hybridized carbons (Fsp3) is 0.750. The Labute approximate surface area is 119 Å². The highest BCUT2D eigenvalue weighted by molar-refractivity contribution is 7.09. The van der Waals surface area contributed by atoms with Crippen molar-refractivity contribution < 1.29 is 22.3 Å². The second-order valence-electron chi connectivity index (χ2n) is 4.84. The molecule has 0 saturated heterocycles. The summed E-state index contributed by atoms with van der Waals surface area (Å²) in [7, 11) is 0. The van der Waals surface area contributed by atoms with Crippen LogP contribution in [0.4, 0.5) is 17.6 Å². The van der Waals surface area contributed by atoms with Crippen molar-refractivity contribution in [2.24, 2.45) is 0 Å². The van der Waals surface area contributed by atoms with E-state index in [-0.39, 0.29) is 12.1 Å². The molecule has 0 aliphatic heterocycles. The molecule has 0 spiro atoms. The molecular formula is C12H18F4N2OS. The van der Waals surface area contributed by atoms with E-state index in [1.807, 2.05) is 20.8 Å². The molecule has 0 atom stereocenters.